The molecule has 6 nitrogen and oxygen atoms in total. The van der Waals surface area contributed by atoms with E-state index in [1.807, 2.05) is 23.3 Å². The van der Waals surface area contributed by atoms with Crippen molar-refractivity contribution in [2.45, 2.75) is 33.0 Å². The molecule has 2 rings (SSSR count). The number of rotatable bonds is 7. The first-order chi connectivity index (χ1) is 8.40. The fourth-order valence-corrected chi connectivity index (χ4v) is 1.70. The smallest absolute Gasteiger partial charge is 0.122 e. The fraction of sp³-hybridized carbons (Fsp3) is 0.545. The van der Waals surface area contributed by atoms with E-state index in [4.69, 9.17) is 0 Å². The van der Waals surface area contributed by atoms with Crippen LogP contribution in [0.2, 0.25) is 0 Å². The van der Waals surface area contributed by atoms with E-state index in [2.05, 4.69) is 32.1 Å². The summed E-state index contributed by atoms with van der Waals surface area (Å²) in [7, 11) is 0. The van der Waals surface area contributed by atoms with Crippen molar-refractivity contribution in [1.82, 2.24) is 29.9 Å². The van der Waals surface area contributed by atoms with Gasteiger partial charge in [-0.1, -0.05) is 12.1 Å². The molecule has 0 aliphatic rings. The van der Waals surface area contributed by atoms with Crippen LogP contribution >= 0.6 is 0 Å². The van der Waals surface area contributed by atoms with Crippen molar-refractivity contribution < 1.29 is 0 Å². The summed E-state index contributed by atoms with van der Waals surface area (Å²) in [5.74, 6) is 1.09. The molecule has 92 valence electrons. The van der Waals surface area contributed by atoms with Crippen LogP contribution in [0.25, 0.3) is 0 Å². The lowest BCUT2D eigenvalue weighted by Crippen LogP contribution is -2.22. The third-order valence-corrected chi connectivity index (χ3v) is 2.54. The molecule has 0 saturated heterocycles. The van der Waals surface area contributed by atoms with Crippen LogP contribution in [0.15, 0.2) is 24.8 Å². The van der Waals surface area contributed by atoms with Crippen LogP contribution in [0.4, 0.5) is 0 Å². The maximum atomic E-state index is 4.34. The Morgan fingerprint density at radius 2 is 2.18 bits per heavy atom. The summed E-state index contributed by atoms with van der Waals surface area (Å²) in [4.78, 5) is 4.34. The third kappa shape index (κ3) is 3.39. The van der Waals surface area contributed by atoms with E-state index in [-0.39, 0.29) is 0 Å². The van der Waals surface area contributed by atoms with E-state index < -0.39 is 0 Å². The second-order valence-electron chi connectivity index (χ2n) is 3.88. The van der Waals surface area contributed by atoms with Gasteiger partial charge in [0.05, 0.1) is 19.3 Å². The molecule has 0 spiro atoms. The third-order valence-electron chi connectivity index (χ3n) is 2.54. The predicted octanol–water partition coefficient (Wildman–Crippen LogP) is 0.674. The quantitative estimate of drug-likeness (QED) is 0.715. The topological polar surface area (TPSA) is 60.6 Å². The van der Waals surface area contributed by atoms with Crippen LogP contribution in [0, 0.1) is 0 Å². The summed E-state index contributed by atoms with van der Waals surface area (Å²) < 4.78 is 3.99. The molecular formula is C11H18N6. The SMILES string of the molecule is CCCn1ccnc1CNCCn1ccnn1. The first kappa shape index (κ1) is 11.8. The molecule has 2 heterocycles. The Hall–Kier alpha value is -1.69. The first-order valence-corrected chi connectivity index (χ1v) is 5.95. The molecule has 0 bridgehead atoms. The Kier molecular flexibility index (Phi) is 4.26. The molecular weight excluding hydrogens is 216 g/mol. The van der Waals surface area contributed by atoms with Gasteiger partial charge in [-0.3, -0.25) is 4.68 Å². The van der Waals surface area contributed by atoms with Gasteiger partial charge in [0.25, 0.3) is 0 Å². The predicted molar refractivity (Wildman–Crippen MR) is 64.2 cm³/mol. The summed E-state index contributed by atoms with van der Waals surface area (Å²) in [6.45, 7) is 5.68. The highest BCUT2D eigenvalue weighted by atomic mass is 15.4. The summed E-state index contributed by atoms with van der Waals surface area (Å²) in [5, 5.41) is 11.0. The standard InChI is InChI=1S/C11H18N6/c1-2-6-16-7-4-13-11(16)10-12-3-8-17-9-5-14-15-17/h4-5,7,9,12H,2-3,6,8,10H2,1H3. The van der Waals surface area contributed by atoms with E-state index in [0.29, 0.717) is 0 Å². The Balaban J connectivity index is 1.72. The number of hydrogen-bond donors (Lipinski definition) is 1. The Bertz CT molecular complexity index is 419. The Labute approximate surface area is 101 Å². The second kappa shape index (κ2) is 6.15. The van der Waals surface area contributed by atoms with Crippen LogP contribution in [0.3, 0.4) is 0 Å². The highest BCUT2D eigenvalue weighted by Gasteiger charge is 2.00. The molecule has 0 aliphatic heterocycles. The van der Waals surface area contributed by atoms with Crippen molar-refractivity contribution in [3.8, 4) is 0 Å². The van der Waals surface area contributed by atoms with Crippen molar-refractivity contribution in [3.63, 3.8) is 0 Å². The second-order valence-corrected chi connectivity index (χ2v) is 3.88. The molecule has 0 amide bonds. The van der Waals surface area contributed by atoms with Gasteiger partial charge >= 0.3 is 0 Å². The highest BCUT2D eigenvalue weighted by molar-refractivity contribution is 4.91. The normalized spacial score (nSPS) is 10.9. The lowest BCUT2D eigenvalue weighted by molar-refractivity contribution is 0.522. The van der Waals surface area contributed by atoms with Crippen molar-refractivity contribution in [2.75, 3.05) is 6.54 Å². The van der Waals surface area contributed by atoms with E-state index >= 15 is 0 Å². The molecule has 0 aliphatic carbocycles. The molecule has 6 heteroatoms. The number of aryl methyl sites for hydroxylation is 1. The lowest BCUT2D eigenvalue weighted by atomic mass is 10.4. The van der Waals surface area contributed by atoms with Gasteiger partial charge in [0.1, 0.15) is 5.82 Å². The van der Waals surface area contributed by atoms with Crippen molar-refractivity contribution in [2.24, 2.45) is 0 Å². The van der Waals surface area contributed by atoms with Crippen molar-refractivity contribution >= 4 is 0 Å². The minimum atomic E-state index is 0.793. The summed E-state index contributed by atoms with van der Waals surface area (Å²) in [6.07, 6.45) is 8.55. The van der Waals surface area contributed by atoms with Gasteiger partial charge in [-0.05, 0) is 6.42 Å². The molecule has 1 N–H and O–H groups in total. The average molecular weight is 234 g/mol. The van der Waals surface area contributed by atoms with Gasteiger partial charge in [0, 0.05) is 31.7 Å². The summed E-state index contributed by atoms with van der Waals surface area (Å²) >= 11 is 0. The van der Waals surface area contributed by atoms with E-state index in [0.717, 1.165) is 38.4 Å². The van der Waals surface area contributed by atoms with Crippen LogP contribution in [0.5, 0.6) is 0 Å². The fourth-order valence-electron chi connectivity index (χ4n) is 1.70. The van der Waals surface area contributed by atoms with E-state index in [1.165, 1.54) is 0 Å². The molecule has 0 unspecified atom stereocenters. The van der Waals surface area contributed by atoms with Crippen molar-refractivity contribution in [3.05, 3.63) is 30.6 Å². The van der Waals surface area contributed by atoms with E-state index in [9.17, 15) is 0 Å². The summed E-state index contributed by atoms with van der Waals surface area (Å²) in [5.41, 5.74) is 0. The number of imidazole rings is 1. The molecule has 2 aromatic rings. The maximum Gasteiger partial charge on any atom is 0.122 e. The van der Waals surface area contributed by atoms with Gasteiger partial charge in [-0.2, -0.15) is 0 Å². The molecule has 0 radical (unpaired) electrons. The molecule has 0 aromatic carbocycles. The zero-order valence-corrected chi connectivity index (χ0v) is 10.1. The minimum absolute atomic E-state index is 0.793. The van der Waals surface area contributed by atoms with Crippen LogP contribution in [-0.2, 0) is 19.6 Å². The monoisotopic (exact) mass is 234 g/mol. The van der Waals surface area contributed by atoms with Crippen LogP contribution in [-0.4, -0.2) is 31.1 Å². The summed E-state index contributed by atoms with van der Waals surface area (Å²) in [6, 6.07) is 0. The zero-order valence-electron chi connectivity index (χ0n) is 10.1. The van der Waals surface area contributed by atoms with Crippen molar-refractivity contribution in [1.29, 1.82) is 0 Å². The largest absolute Gasteiger partial charge is 0.334 e. The number of hydrogen-bond acceptors (Lipinski definition) is 4. The maximum absolute atomic E-state index is 4.34. The molecule has 2 aromatic heterocycles. The van der Waals surface area contributed by atoms with Crippen LogP contribution in [0.1, 0.15) is 19.2 Å². The number of aromatic nitrogens is 5. The average Bonchev–Trinajstić information content (AvgIpc) is 2.96. The van der Waals surface area contributed by atoms with Gasteiger partial charge < -0.3 is 9.88 Å². The minimum Gasteiger partial charge on any atom is -0.334 e. The molecule has 17 heavy (non-hydrogen) atoms. The highest BCUT2D eigenvalue weighted by Crippen LogP contribution is 1.98. The first-order valence-electron chi connectivity index (χ1n) is 5.95. The van der Waals surface area contributed by atoms with Crippen LogP contribution < -0.4 is 5.32 Å². The molecule has 0 atom stereocenters. The Morgan fingerprint density at radius 3 is 2.94 bits per heavy atom. The van der Waals surface area contributed by atoms with Gasteiger partial charge in [0.2, 0.25) is 0 Å². The lowest BCUT2D eigenvalue weighted by Gasteiger charge is -2.07. The van der Waals surface area contributed by atoms with E-state index in [1.54, 1.807) is 6.20 Å². The molecule has 0 saturated carbocycles. The van der Waals surface area contributed by atoms with Gasteiger partial charge in [0.15, 0.2) is 0 Å². The number of nitrogens with zero attached hydrogens (tertiary/aromatic N) is 5. The Morgan fingerprint density at radius 1 is 1.24 bits per heavy atom. The molecule has 0 fully saturated rings. The zero-order chi connectivity index (χ0) is 11.9. The van der Waals surface area contributed by atoms with Gasteiger partial charge in [-0.15, -0.1) is 5.10 Å². The number of nitrogens with one attached hydrogen (secondary N) is 1. The van der Waals surface area contributed by atoms with Gasteiger partial charge in [-0.25, -0.2) is 4.98 Å².